The van der Waals surface area contributed by atoms with Gasteiger partial charge in [-0.25, -0.2) is 0 Å². The van der Waals surface area contributed by atoms with Crippen LogP contribution >= 0.6 is 11.6 Å². The first-order chi connectivity index (χ1) is 8.52. The SMILES string of the molecule is Cc1cc([N+](=O)[O-])c(-c2ccc(C#N)o2)cc1Cl. The molecule has 0 atom stereocenters. The molecule has 2 rings (SSSR count). The number of nitrogens with zero attached hydrogens (tertiary/aromatic N) is 2. The van der Waals surface area contributed by atoms with E-state index in [2.05, 4.69) is 0 Å². The maximum Gasteiger partial charge on any atom is 0.280 e. The molecular weight excluding hydrogens is 256 g/mol. The third-order valence-electron chi connectivity index (χ3n) is 2.46. The van der Waals surface area contributed by atoms with Crippen LogP contribution in [0.15, 0.2) is 28.7 Å². The minimum Gasteiger partial charge on any atom is -0.445 e. The van der Waals surface area contributed by atoms with E-state index < -0.39 is 4.92 Å². The van der Waals surface area contributed by atoms with Crippen molar-refractivity contribution in [3.05, 3.63) is 50.7 Å². The van der Waals surface area contributed by atoms with E-state index in [9.17, 15) is 10.1 Å². The monoisotopic (exact) mass is 262 g/mol. The van der Waals surface area contributed by atoms with Gasteiger partial charge in [0.1, 0.15) is 11.8 Å². The molecular formula is C12H7ClN2O3. The van der Waals surface area contributed by atoms with Gasteiger partial charge >= 0.3 is 0 Å². The van der Waals surface area contributed by atoms with Crippen molar-refractivity contribution in [2.75, 3.05) is 0 Å². The van der Waals surface area contributed by atoms with Crippen molar-refractivity contribution in [3.63, 3.8) is 0 Å². The maximum absolute atomic E-state index is 11.0. The average molecular weight is 263 g/mol. The van der Waals surface area contributed by atoms with Crippen LogP contribution in [-0.2, 0) is 0 Å². The number of aryl methyl sites for hydroxylation is 1. The Bertz CT molecular complexity index is 670. The highest BCUT2D eigenvalue weighted by molar-refractivity contribution is 6.31. The minimum atomic E-state index is -0.507. The van der Waals surface area contributed by atoms with Crippen LogP contribution < -0.4 is 0 Å². The zero-order valence-corrected chi connectivity index (χ0v) is 10.1. The normalized spacial score (nSPS) is 10.1. The number of nitro groups is 1. The highest BCUT2D eigenvalue weighted by Gasteiger charge is 2.20. The molecule has 0 aliphatic carbocycles. The van der Waals surface area contributed by atoms with Gasteiger partial charge in [-0.3, -0.25) is 10.1 Å². The Morgan fingerprint density at radius 3 is 2.72 bits per heavy atom. The zero-order chi connectivity index (χ0) is 13.3. The molecule has 0 aliphatic heterocycles. The van der Waals surface area contributed by atoms with Gasteiger partial charge in [0.05, 0.1) is 10.5 Å². The van der Waals surface area contributed by atoms with Crippen LogP contribution in [0.1, 0.15) is 11.3 Å². The third kappa shape index (κ3) is 2.06. The van der Waals surface area contributed by atoms with Gasteiger partial charge in [-0.05, 0) is 30.7 Å². The van der Waals surface area contributed by atoms with E-state index in [0.29, 0.717) is 10.6 Å². The molecule has 0 radical (unpaired) electrons. The van der Waals surface area contributed by atoms with E-state index in [1.807, 2.05) is 6.07 Å². The van der Waals surface area contributed by atoms with Gasteiger partial charge in [0.15, 0.2) is 0 Å². The summed E-state index contributed by atoms with van der Waals surface area (Å²) < 4.78 is 5.18. The summed E-state index contributed by atoms with van der Waals surface area (Å²) >= 11 is 5.95. The average Bonchev–Trinajstić information content (AvgIpc) is 2.80. The topological polar surface area (TPSA) is 80.1 Å². The van der Waals surface area contributed by atoms with Gasteiger partial charge in [-0.2, -0.15) is 5.26 Å². The van der Waals surface area contributed by atoms with E-state index in [0.717, 1.165) is 0 Å². The molecule has 5 nitrogen and oxygen atoms in total. The second-order valence-corrected chi connectivity index (χ2v) is 4.06. The van der Waals surface area contributed by atoms with Crippen LogP contribution in [0.2, 0.25) is 5.02 Å². The number of rotatable bonds is 2. The van der Waals surface area contributed by atoms with E-state index >= 15 is 0 Å². The molecule has 0 aliphatic rings. The third-order valence-corrected chi connectivity index (χ3v) is 2.86. The lowest BCUT2D eigenvalue weighted by Gasteiger charge is -2.03. The van der Waals surface area contributed by atoms with Crippen molar-refractivity contribution in [1.82, 2.24) is 0 Å². The molecule has 0 fully saturated rings. The smallest absolute Gasteiger partial charge is 0.280 e. The minimum absolute atomic E-state index is 0.0935. The first-order valence-corrected chi connectivity index (χ1v) is 5.35. The number of nitro benzene ring substituents is 1. The van der Waals surface area contributed by atoms with Gasteiger partial charge in [-0.1, -0.05) is 11.6 Å². The molecule has 1 heterocycles. The summed E-state index contributed by atoms with van der Waals surface area (Å²) in [6.45, 7) is 1.68. The van der Waals surface area contributed by atoms with E-state index in [1.54, 1.807) is 6.92 Å². The molecule has 0 spiro atoms. The Kier molecular flexibility index (Phi) is 3.04. The predicted octanol–water partition coefficient (Wildman–Crippen LogP) is 3.69. The van der Waals surface area contributed by atoms with Crippen LogP contribution in [0.4, 0.5) is 5.69 Å². The van der Waals surface area contributed by atoms with Crippen molar-refractivity contribution in [2.45, 2.75) is 6.92 Å². The van der Waals surface area contributed by atoms with Gasteiger partial charge in [0.25, 0.3) is 5.69 Å². The fourth-order valence-electron chi connectivity index (χ4n) is 1.56. The number of hydrogen-bond acceptors (Lipinski definition) is 4. The quantitative estimate of drug-likeness (QED) is 0.610. The molecule has 0 saturated carbocycles. The summed E-state index contributed by atoms with van der Waals surface area (Å²) in [6.07, 6.45) is 0. The predicted molar refractivity (Wildman–Crippen MR) is 65.3 cm³/mol. The number of benzene rings is 1. The molecule has 1 aromatic carbocycles. The highest BCUT2D eigenvalue weighted by atomic mass is 35.5. The Morgan fingerprint density at radius 1 is 1.44 bits per heavy atom. The maximum atomic E-state index is 11.0. The molecule has 6 heteroatoms. The van der Waals surface area contributed by atoms with Crippen molar-refractivity contribution in [2.24, 2.45) is 0 Å². The van der Waals surface area contributed by atoms with Gasteiger partial charge in [0.2, 0.25) is 5.76 Å². The van der Waals surface area contributed by atoms with Crippen LogP contribution in [-0.4, -0.2) is 4.92 Å². The molecule has 0 unspecified atom stereocenters. The van der Waals surface area contributed by atoms with Crippen molar-refractivity contribution >= 4 is 17.3 Å². The molecule has 0 N–H and O–H groups in total. The summed E-state index contributed by atoms with van der Waals surface area (Å²) in [4.78, 5) is 10.5. The van der Waals surface area contributed by atoms with E-state index in [4.69, 9.17) is 21.3 Å². The van der Waals surface area contributed by atoms with Crippen molar-refractivity contribution in [3.8, 4) is 17.4 Å². The van der Waals surface area contributed by atoms with Crippen molar-refractivity contribution in [1.29, 1.82) is 5.26 Å². The summed E-state index contributed by atoms with van der Waals surface area (Å²) in [5.74, 6) is 0.344. The second-order valence-electron chi connectivity index (χ2n) is 3.65. The Balaban J connectivity index is 2.66. The summed E-state index contributed by atoms with van der Waals surface area (Å²) in [5.41, 5.74) is 0.770. The molecule has 2 aromatic rings. The Labute approximate surface area is 107 Å². The Morgan fingerprint density at radius 2 is 2.17 bits per heavy atom. The van der Waals surface area contributed by atoms with Gasteiger partial charge < -0.3 is 4.42 Å². The fourth-order valence-corrected chi connectivity index (χ4v) is 1.72. The molecule has 0 saturated heterocycles. The van der Waals surface area contributed by atoms with Crippen LogP contribution in [0.3, 0.4) is 0 Å². The first-order valence-electron chi connectivity index (χ1n) is 4.97. The lowest BCUT2D eigenvalue weighted by atomic mass is 10.1. The molecule has 18 heavy (non-hydrogen) atoms. The van der Waals surface area contributed by atoms with Crippen LogP contribution in [0.25, 0.3) is 11.3 Å². The molecule has 90 valence electrons. The largest absolute Gasteiger partial charge is 0.445 e. The summed E-state index contributed by atoms with van der Waals surface area (Å²) in [5, 5.41) is 20.1. The van der Waals surface area contributed by atoms with E-state index in [1.165, 1.54) is 24.3 Å². The standard InChI is InChI=1S/C12H7ClN2O3/c1-7-4-11(15(16)17)9(5-10(7)13)12-3-2-8(6-14)18-12/h2-5H,1H3. The van der Waals surface area contributed by atoms with Gasteiger partial charge in [0, 0.05) is 11.1 Å². The molecule has 1 aromatic heterocycles. The molecule has 0 amide bonds. The van der Waals surface area contributed by atoms with Crippen molar-refractivity contribution < 1.29 is 9.34 Å². The van der Waals surface area contributed by atoms with Gasteiger partial charge in [-0.15, -0.1) is 0 Å². The first kappa shape index (κ1) is 12.1. The number of hydrogen-bond donors (Lipinski definition) is 0. The Hall–Kier alpha value is -2.32. The molecule has 0 bridgehead atoms. The lowest BCUT2D eigenvalue weighted by Crippen LogP contribution is -1.93. The number of furan rings is 1. The zero-order valence-electron chi connectivity index (χ0n) is 9.31. The number of nitriles is 1. The second kappa shape index (κ2) is 4.51. The van der Waals surface area contributed by atoms with Crippen LogP contribution in [0, 0.1) is 28.4 Å². The van der Waals surface area contributed by atoms with Crippen LogP contribution in [0.5, 0.6) is 0 Å². The van der Waals surface area contributed by atoms with E-state index in [-0.39, 0.29) is 22.8 Å². The summed E-state index contributed by atoms with van der Waals surface area (Å²) in [7, 11) is 0. The summed E-state index contributed by atoms with van der Waals surface area (Å²) in [6, 6.07) is 7.63. The number of halogens is 1. The highest BCUT2D eigenvalue weighted by Crippen LogP contribution is 2.35. The lowest BCUT2D eigenvalue weighted by molar-refractivity contribution is -0.384. The fraction of sp³-hybridized carbons (Fsp3) is 0.0833.